The highest BCUT2D eigenvalue weighted by Crippen LogP contribution is 2.28. The van der Waals surface area contributed by atoms with Crippen LogP contribution in [-0.4, -0.2) is 18.2 Å². The first-order valence-electron chi connectivity index (χ1n) is 8.37. The molecule has 0 aromatic heterocycles. The molecule has 1 heterocycles. The molecule has 0 radical (unpaired) electrons. The third-order valence-corrected chi connectivity index (χ3v) is 6.42. The Balaban J connectivity index is 1.57. The van der Waals surface area contributed by atoms with Gasteiger partial charge in [0.15, 0.2) is 11.7 Å². The molecule has 3 aliphatic rings. The third kappa shape index (κ3) is 3.66. The molecule has 110 valence electrons. The van der Waals surface area contributed by atoms with Gasteiger partial charge in [-0.2, -0.15) is 0 Å². The Labute approximate surface area is 122 Å². The molecule has 19 heavy (non-hydrogen) atoms. The second kappa shape index (κ2) is 6.79. The summed E-state index contributed by atoms with van der Waals surface area (Å²) < 4.78 is 1.70. The summed E-state index contributed by atoms with van der Waals surface area (Å²) in [6, 6.07) is 0. The van der Waals surface area contributed by atoms with E-state index >= 15 is 0 Å². The van der Waals surface area contributed by atoms with Crippen molar-refractivity contribution in [2.24, 2.45) is 17.6 Å². The summed E-state index contributed by atoms with van der Waals surface area (Å²) in [4.78, 5) is 0. The Morgan fingerprint density at radius 3 is 2.26 bits per heavy atom. The quantitative estimate of drug-likeness (QED) is 0.693. The number of quaternary nitrogens is 1. The van der Waals surface area contributed by atoms with E-state index in [9.17, 15) is 0 Å². The minimum absolute atomic E-state index is 0.158. The largest absolute Gasteiger partial charge is 0.303 e. The lowest BCUT2D eigenvalue weighted by Crippen LogP contribution is -3.10. The molecular formula is C15H30N3S+. The number of nitrogens with one attached hydrogen (secondary N) is 2. The fraction of sp³-hybridized carbons (Fsp3) is 1.00. The van der Waals surface area contributed by atoms with Gasteiger partial charge < -0.3 is 5.73 Å². The van der Waals surface area contributed by atoms with Gasteiger partial charge in [0.05, 0.1) is 6.54 Å². The highest BCUT2D eigenvalue weighted by atomic mass is 32.2. The van der Waals surface area contributed by atoms with Crippen LogP contribution < -0.4 is 15.4 Å². The van der Waals surface area contributed by atoms with Gasteiger partial charge in [-0.3, -0.25) is 4.31 Å². The number of hydrogen-bond donors (Lipinski definition) is 3. The molecular weight excluding hydrogens is 254 g/mol. The predicted molar refractivity (Wildman–Crippen MR) is 81.5 cm³/mol. The molecule has 3 unspecified atom stereocenters. The molecule has 4 N–H and O–H groups in total. The smallest absolute Gasteiger partial charge is 0.163 e. The molecule has 0 aromatic rings. The Kier molecular flexibility index (Phi) is 5.07. The molecule has 0 amide bonds. The van der Waals surface area contributed by atoms with Crippen molar-refractivity contribution in [3.05, 3.63) is 0 Å². The van der Waals surface area contributed by atoms with Crippen LogP contribution in [-0.2, 0) is 0 Å². The Hall–Kier alpha value is 0.230. The summed E-state index contributed by atoms with van der Waals surface area (Å²) in [6.45, 7) is 1.34. The summed E-state index contributed by atoms with van der Waals surface area (Å²) in [5.74, 6) is 1.82. The van der Waals surface area contributed by atoms with Crippen LogP contribution in [0.3, 0.4) is 0 Å². The highest BCUT2D eigenvalue weighted by molar-refractivity contribution is 7.93. The van der Waals surface area contributed by atoms with Crippen molar-refractivity contribution in [3.63, 3.8) is 0 Å². The van der Waals surface area contributed by atoms with Crippen molar-refractivity contribution < 1.29 is 4.31 Å². The average molecular weight is 284 g/mol. The van der Waals surface area contributed by atoms with E-state index in [-0.39, 0.29) is 5.50 Å². The molecule has 3 fully saturated rings. The van der Waals surface area contributed by atoms with Gasteiger partial charge in [-0.15, -0.1) is 0 Å². The topological polar surface area (TPSA) is 42.5 Å². The van der Waals surface area contributed by atoms with Crippen LogP contribution in [0.5, 0.6) is 0 Å². The van der Waals surface area contributed by atoms with E-state index in [1.165, 1.54) is 70.8 Å². The lowest BCUT2D eigenvalue weighted by atomic mass is 9.86. The van der Waals surface area contributed by atoms with Crippen molar-refractivity contribution in [2.45, 2.75) is 75.9 Å². The Morgan fingerprint density at radius 1 is 0.947 bits per heavy atom. The first kappa shape index (κ1) is 14.2. The molecule has 3 atom stereocenters. The molecule has 2 saturated carbocycles. The molecule has 3 rings (SSSR count). The van der Waals surface area contributed by atoms with E-state index < -0.39 is 0 Å². The lowest BCUT2D eigenvalue weighted by molar-refractivity contribution is -0.793. The minimum atomic E-state index is 0.158. The van der Waals surface area contributed by atoms with Crippen LogP contribution in [0.2, 0.25) is 0 Å². The first-order valence-corrected chi connectivity index (χ1v) is 9.25. The van der Waals surface area contributed by atoms with Crippen molar-refractivity contribution >= 4 is 11.9 Å². The van der Waals surface area contributed by atoms with E-state index in [0.29, 0.717) is 6.17 Å². The summed E-state index contributed by atoms with van der Waals surface area (Å²) in [7, 11) is 0. The van der Waals surface area contributed by atoms with Crippen LogP contribution in [0.25, 0.3) is 0 Å². The van der Waals surface area contributed by atoms with Gasteiger partial charge >= 0.3 is 0 Å². The van der Waals surface area contributed by atoms with Gasteiger partial charge in [0.2, 0.25) is 0 Å². The Morgan fingerprint density at radius 2 is 1.58 bits per heavy atom. The van der Waals surface area contributed by atoms with E-state index in [4.69, 9.17) is 5.73 Å². The molecule has 0 aromatic carbocycles. The van der Waals surface area contributed by atoms with Gasteiger partial charge in [0.25, 0.3) is 0 Å². The second-order valence-corrected chi connectivity index (χ2v) is 8.02. The first-order chi connectivity index (χ1) is 9.33. The van der Waals surface area contributed by atoms with Crippen LogP contribution in [0.1, 0.15) is 64.2 Å². The molecule has 0 bridgehead atoms. The summed E-state index contributed by atoms with van der Waals surface area (Å²) in [5.41, 5.74) is 6.32. The number of nitrogens with two attached hydrogens (primary N) is 1. The average Bonchev–Trinajstić information content (AvgIpc) is 2.82. The zero-order valence-corrected chi connectivity index (χ0v) is 12.9. The van der Waals surface area contributed by atoms with Gasteiger partial charge in [-0.1, -0.05) is 38.5 Å². The second-order valence-electron chi connectivity index (χ2n) is 6.76. The normalized spacial score (nSPS) is 38.7. The van der Waals surface area contributed by atoms with Crippen LogP contribution in [0, 0.1) is 11.8 Å². The number of rotatable bonds is 3. The summed E-state index contributed by atoms with van der Waals surface area (Å²) in [6.07, 6.45) is 15.0. The molecule has 3 nitrogen and oxygen atoms in total. The van der Waals surface area contributed by atoms with Gasteiger partial charge in [0.1, 0.15) is 11.9 Å². The maximum absolute atomic E-state index is 6.16. The predicted octanol–water partition coefficient (Wildman–Crippen LogP) is 1.85. The van der Waals surface area contributed by atoms with E-state index in [0.717, 1.165) is 11.8 Å². The van der Waals surface area contributed by atoms with Crippen molar-refractivity contribution in [1.29, 1.82) is 0 Å². The minimum Gasteiger partial charge on any atom is -0.303 e. The Bertz CT molecular complexity index is 275. The standard InChI is InChI=1S/C15H29N3S/c16-15-17-14(13-9-5-2-6-10-13)18(19-15)11-12-7-3-1-4-8-12/h12-15,17H,1-11,16H2/p+1. The molecule has 1 saturated heterocycles. The fourth-order valence-corrected chi connectivity index (χ4v) is 5.54. The van der Waals surface area contributed by atoms with E-state index in [1.54, 1.807) is 4.31 Å². The molecule has 4 heteroatoms. The van der Waals surface area contributed by atoms with Gasteiger partial charge in [-0.25, -0.2) is 5.32 Å². The SMILES string of the molecule is NC1NC(C2CCCCC2)[NH+](CC2CCCCC2)S1. The van der Waals surface area contributed by atoms with Crippen LogP contribution in [0.4, 0.5) is 0 Å². The molecule has 2 aliphatic carbocycles. The summed E-state index contributed by atoms with van der Waals surface area (Å²) in [5, 5.41) is 3.67. The monoisotopic (exact) mass is 284 g/mol. The maximum Gasteiger partial charge on any atom is 0.163 e. The van der Waals surface area contributed by atoms with Crippen molar-refractivity contribution in [2.75, 3.05) is 6.54 Å². The zero-order chi connectivity index (χ0) is 13.1. The van der Waals surface area contributed by atoms with Gasteiger partial charge in [0, 0.05) is 11.8 Å². The van der Waals surface area contributed by atoms with E-state index in [2.05, 4.69) is 5.32 Å². The van der Waals surface area contributed by atoms with Gasteiger partial charge in [-0.05, 0) is 25.7 Å². The fourth-order valence-electron chi connectivity index (χ4n) is 4.26. The summed E-state index contributed by atoms with van der Waals surface area (Å²) >= 11 is 1.94. The zero-order valence-electron chi connectivity index (χ0n) is 12.1. The molecule has 0 spiro atoms. The van der Waals surface area contributed by atoms with Crippen LogP contribution in [0.15, 0.2) is 0 Å². The van der Waals surface area contributed by atoms with Crippen molar-refractivity contribution in [1.82, 2.24) is 5.32 Å². The van der Waals surface area contributed by atoms with E-state index in [1.807, 2.05) is 11.9 Å². The lowest BCUT2D eigenvalue weighted by Gasteiger charge is -2.32. The highest BCUT2D eigenvalue weighted by Gasteiger charge is 2.41. The van der Waals surface area contributed by atoms with Crippen LogP contribution >= 0.6 is 11.9 Å². The molecule has 1 aliphatic heterocycles. The third-order valence-electron chi connectivity index (χ3n) is 5.30. The number of hydrogen-bond acceptors (Lipinski definition) is 3. The van der Waals surface area contributed by atoms with Crippen molar-refractivity contribution in [3.8, 4) is 0 Å². The maximum atomic E-state index is 6.16.